The molecule has 0 bridgehead atoms. The van der Waals surface area contributed by atoms with Gasteiger partial charge in [-0.1, -0.05) is 0 Å². The van der Waals surface area contributed by atoms with Crippen LogP contribution in [-0.4, -0.2) is 59.9 Å². The molecule has 1 aliphatic carbocycles. The molecule has 0 atom stereocenters. The fourth-order valence-corrected chi connectivity index (χ4v) is 5.37. The summed E-state index contributed by atoms with van der Waals surface area (Å²) in [5, 5.41) is 6.31. The molecule has 4 rings (SSSR count). The van der Waals surface area contributed by atoms with Crippen LogP contribution in [0.3, 0.4) is 0 Å². The van der Waals surface area contributed by atoms with E-state index in [9.17, 15) is 13.2 Å². The molecule has 0 unspecified atom stereocenters. The SMILES string of the molecule is O=C1CCC2(CCN(S(=O)(=O)c3cn[nH]c3)CC2)CN1CC1CC1. The van der Waals surface area contributed by atoms with Gasteiger partial charge in [-0.25, -0.2) is 8.42 Å². The summed E-state index contributed by atoms with van der Waals surface area (Å²) in [6.07, 6.45) is 8.44. The Kier molecular flexibility index (Phi) is 3.91. The Morgan fingerprint density at radius 1 is 1.25 bits per heavy atom. The first-order valence-electron chi connectivity index (χ1n) is 8.75. The molecule has 1 N–H and O–H groups in total. The highest BCUT2D eigenvalue weighted by Crippen LogP contribution is 2.42. The Labute approximate surface area is 142 Å². The number of carbonyl (C=O) groups excluding carboxylic acids is 1. The Morgan fingerprint density at radius 2 is 2.00 bits per heavy atom. The fourth-order valence-electron chi connectivity index (χ4n) is 4.02. The van der Waals surface area contributed by atoms with Gasteiger partial charge in [0, 0.05) is 38.8 Å². The van der Waals surface area contributed by atoms with E-state index in [1.807, 2.05) is 4.90 Å². The predicted octanol–water partition coefficient (Wildman–Crippen LogP) is 1.21. The standard InChI is InChI=1S/C16H24N4O3S/c21-15-3-4-16(12-19(15)11-13-1-2-13)5-7-20(8-6-16)24(22,23)14-9-17-18-10-14/h9-10,13H,1-8,11-12H2,(H,17,18). The molecule has 3 heterocycles. The van der Waals surface area contributed by atoms with Crippen molar-refractivity contribution in [2.45, 2.75) is 43.4 Å². The Balaban J connectivity index is 1.42. The molecule has 1 saturated carbocycles. The van der Waals surface area contributed by atoms with Crippen LogP contribution in [0.2, 0.25) is 0 Å². The maximum atomic E-state index is 12.6. The molecule has 132 valence electrons. The van der Waals surface area contributed by atoms with E-state index in [1.54, 1.807) is 4.31 Å². The lowest BCUT2D eigenvalue weighted by Gasteiger charge is -2.47. The second-order valence-electron chi connectivity index (χ2n) is 7.56. The van der Waals surface area contributed by atoms with Crippen LogP contribution in [0, 0.1) is 11.3 Å². The van der Waals surface area contributed by atoms with Gasteiger partial charge >= 0.3 is 0 Å². The second kappa shape index (κ2) is 5.84. The lowest BCUT2D eigenvalue weighted by molar-refractivity contribution is -0.139. The lowest BCUT2D eigenvalue weighted by Crippen LogP contribution is -2.52. The van der Waals surface area contributed by atoms with Crippen LogP contribution in [0.1, 0.15) is 38.5 Å². The Hall–Kier alpha value is -1.41. The van der Waals surface area contributed by atoms with E-state index in [0.29, 0.717) is 25.4 Å². The number of nitrogens with zero attached hydrogens (tertiary/aromatic N) is 3. The zero-order valence-electron chi connectivity index (χ0n) is 13.8. The Morgan fingerprint density at radius 3 is 2.62 bits per heavy atom. The first kappa shape index (κ1) is 16.1. The minimum atomic E-state index is -3.45. The molecule has 0 radical (unpaired) electrons. The van der Waals surface area contributed by atoms with Crippen LogP contribution in [0.4, 0.5) is 0 Å². The molecular weight excluding hydrogens is 328 g/mol. The van der Waals surface area contributed by atoms with E-state index in [1.165, 1.54) is 25.2 Å². The van der Waals surface area contributed by atoms with Gasteiger partial charge in [-0.3, -0.25) is 9.89 Å². The van der Waals surface area contributed by atoms with Gasteiger partial charge in [0.05, 0.1) is 6.20 Å². The molecule has 1 spiro atoms. The molecule has 7 nitrogen and oxygen atoms in total. The molecule has 1 aromatic rings. The monoisotopic (exact) mass is 352 g/mol. The summed E-state index contributed by atoms with van der Waals surface area (Å²) in [4.78, 5) is 14.4. The number of rotatable bonds is 4. The molecule has 1 aromatic heterocycles. The van der Waals surface area contributed by atoms with E-state index in [0.717, 1.165) is 32.4 Å². The average molecular weight is 352 g/mol. The molecule has 24 heavy (non-hydrogen) atoms. The maximum Gasteiger partial charge on any atom is 0.246 e. The average Bonchev–Trinajstić information content (AvgIpc) is 3.20. The van der Waals surface area contributed by atoms with Crippen molar-refractivity contribution in [1.82, 2.24) is 19.4 Å². The van der Waals surface area contributed by atoms with Crippen LogP contribution in [0.5, 0.6) is 0 Å². The topological polar surface area (TPSA) is 86.4 Å². The van der Waals surface area contributed by atoms with Crippen molar-refractivity contribution in [3.05, 3.63) is 12.4 Å². The maximum absolute atomic E-state index is 12.6. The van der Waals surface area contributed by atoms with Crippen LogP contribution < -0.4 is 0 Å². The van der Waals surface area contributed by atoms with E-state index in [4.69, 9.17) is 0 Å². The number of sulfonamides is 1. The van der Waals surface area contributed by atoms with Gasteiger partial charge in [0.15, 0.2) is 0 Å². The van der Waals surface area contributed by atoms with Gasteiger partial charge in [0.2, 0.25) is 15.9 Å². The largest absolute Gasteiger partial charge is 0.342 e. The number of nitrogens with one attached hydrogen (secondary N) is 1. The number of aromatic amines is 1. The van der Waals surface area contributed by atoms with Crippen molar-refractivity contribution in [2.75, 3.05) is 26.2 Å². The van der Waals surface area contributed by atoms with Crippen molar-refractivity contribution < 1.29 is 13.2 Å². The van der Waals surface area contributed by atoms with Gasteiger partial charge in [0.25, 0.3) is 0 Å². The number of H-pyrrole nitrogens is 1. The highest BCUT2D eigenvalue weighted by atomic mass is 32.2. The number of hydrogen-bond donors (Lipinski definition) is 1. The zero-order chi connectivity index (χ0) is 16.8. The number of likely N-dealkylation sites (tertiary alicyclic amines) is 1. The summed E-state index contributed by atoms with van der Waals surface area (Å²) < 4.78 is 26.7. The molecule has 0 aromatic carbocycles. The normalized spacial score (nSPS) is 25.3. The molecular formula is C16H24N4O3S. The van der Waals surface area contributed by atoms with Gasteiger partial charge in [-0.05, 0) is 43.4 Å². The highest BCUT2D eigenvalue weighted by molar-refractivity contribution is 7.89. The van der Waals surface area contributed by atoms with E-state index in [2.05, 4.69) is 10.2 Å². The van der Waals surface area contributed by atoms with Gasteiger partial charge < -0.3 is 4.90 Å². The predicted molar refractivity (Wildman–Crippen MR) is 87.6 cm³/mol. The van der Waals surface area contributed by atoms with Crippen LogP contribution >= 0.6 is 0 Å². The smallest absolute Gasteiger partial charge is 0.246 e. The van der Waals surface area contributed by atoms with Gasteiger partial charge in [-0.2, -0.15) is 9.40 Å². The number of aromatic nitrogens is 2. The molecule has 2 aliphatic heterocycles. The minimum Gasteiger partial charge on any atom is -0.342 e. The number of carbonyl (C=O) groups is 1. The summed E-state index contributed by atoms with van der Waals surface area (Å²) >= 11 is 0. The summed E-state index contributed by atoms with van der Waals surface area (Å²) in [6, 6.07) is 0. The number of amides is 1. The minimum absolute atomic E-state index is 0.102. The van der Waals surface area contributed by atoms with E-state index < -0.39 is 10.0 Å². The molecule has 3 fully saturated rings. The first-order chi connectivity index (χ1) is 11.5. The van der Waals surface area contributed by atoms with Crippen molar-refractivity contribution in [2.24, 2.45) is 11.3 Å². The summed E-state index contributed by atoms with van der Waals surface area (Å²) in [6.45, 7) is 2.76. The zero-order valence-corrected chi connectivity index (χ0v) is 14.6. The van der Waals surface area contributed by atoms with Gasteiger partial charge in [-0.15, -0.1) is 0 Å². The third-order valence-electron chi connectivity index (χ3n) is 5.82. The van der Waals surface area contributed by atoms with Crippen LogP contribution in [-0.2, 0) is 14.8 Å². The third-order valence-corrected chi connectivity index (χ3v) is 7.68. The second-order valence-corrected chi connectivity index (χ2v) is 9.49. The lowest BCUT2D eigenvalue weighted by atomic mass is 9.72. The fraction of sp³-hybridized carbons (Fsp3) is 0.750. The number of piperidine rings is 2. The van der Waals surface area contributed by atoms with Gasteiger partial charge in [0.1, 0.15) is 4.90 Å². The van der Waals surface area contributed by atoms with Crippen LogP contribution in [0.25, 0.3) is 0 Å². The van der Waals surface area contributed by atoms with E-state index >= 15 is 0 Å². The third kappa shape index (κ3) is 2.97. The first-order valence-corrected chi connectivity index (χ1v) is 10.2. The molecule has 3 aliphatic rings. The number of hydrogen-bond acceptors (Lipinski definition) is 4. The van der Waals surface area contributed by atoms with Crippen molar-refractivity contribution in [1.29, 1.82) is 0 Å². The van der Waals surface area contributed by atoms with Crippen LogP contribution in [0.15, 0.2) is 17.3 Å². The van der Waals surface area contributed by atoms with Crippen molar-refractivity contribution in [3.8, 4) is 0 Å². The van der Waals surface area contributed by atoms with E-state index in [-0.39, 0.29) is 16.2 Å². The van der Waals surface area contributed by atoms with Crippen molar-refractivity contribution >= 4 is 15.9 Å². The molecule has 2 saturated heterocycles. The summed E-state index contributed by atoms with van der Waals surface area (Å²) in [7, 11) is -3.45. The quantitative estimate of drug-likeness (QED) is 0.882. The summed E-state index contributed by atoms with van der Waals surface area (Å²) in [5.74, 6) is 0.978. The molecule has 8 heteroatoms. The Bertz CT molecular complexity index is 704. The molecule has 1 amide bonds. The highest BCUT2D eigenvalue weighted by Gasteiger charge is 2.44. The van der Waals surface area contributed by atoms with Crippen molar-refractivity contribution in [3.63, 3.8) is 0 Å². The summed E-state index contributed by atoms with van der Waals surface area (Å²) in [5.41, 5.74) is 0.102.